The average Bonchev–Trinajstić information content (AvgIpc) is 2.90. The van der Waals surface area contributed by atoms with Crippen molar-refractivity contribution in [2.24, 2.45) is 0 Å². The van der Waals surface area contributed by atoms with Gasteiger partial charge in [0.05, 0.1) is 37.6 Å². The zero-order valence-corrected chi connectivity index (χ0v) is 23.0. The molecule has 0 radical (unpaired) electrons. The van der Waals surface area contributed by atoms with Crippen LogP contribution in [0.3, 0.4) is 0 Å². The summed E-state index contributed by atoms with van der Waals surface area (Å²) < 4.78 is 23.4. The van der Waals surface area contributed by atoms with Crippen LogP contribution in [-0.4, -0.2) is 48.2 Å². The molecule has 1 aliphatic rings. The van der Waals surface area contributed by atoms with Crippen LogP contribution in [-0.2, 0) is 0 Å². The van der Waals surface area contributed by atoms with E-state index in [0.29, 0.717) is 26.4 Å². The van der Waals surface area contributed by atoms with E-state index in [4.69, 9.17) is 18.9 Å². The van der Waals surface area contributed by atoms with E-state index < -0.39 is 23.1 Å². The van der Waals surface area contributed by atoms with Gasteiger partial charge < -0.3 is 29.2 Å². The lowest BCUT2D eigenvalue weighted by Gasteiger charge is -2.25. The summed E-state index contributed by atoms with van der Waals surface area (Å²) in [6.07, 6.45) is 6.57. The number of hydrogen-bond acceptors (Lipinski definition) is 8. The van der Waals surface area contributed by atoms with Crippen LogP contribution >= 0.6 is 0 Å². The van der Waals surface area contributed by atoms with Gasteiger partial charge in [0.1, 0.15) is 0 Å². The second-order valence-electron chi connectivity index (χ2n) is 9.42. The lowest BCUT2D eigenvalue weighted by atomic mass is 9.82. The molecule has 0 saturated carbocycles. The Bertz CT molecular complexity index is 1050. The molecule has 0 bridgehead atoms. The van der Waals surface area contributed by atoms with E-state index in [9.17, 15) is 19.8 Å². The fourth-order valence-electron chi connectivity index (χ4n) is 4.12. The molecule has 0 heterocycles. The second-order valence-corrected chi connectivity index (χ2v) is 9.42. The number of phenols is 2. The third-order valence-electron chi connectivity index (χ3n) is 6.38. The van der Waals surface area contributed by atoms with Gasteiger partial charge in [-0.15, -0.1) is 0 Å². The van der Waals surface area contributed by atoms with Gasteiger partial charge >= 0.3 is 0 Å². The molecular weight excluding hydrogens is 488 g/mol. The van der Waals surface area contributed by atoms with Crippen molar-refractivity contribution < 1.29 is 38.7 Å². The van der Waals surface area contributed by atoms with E-state index in [1.807, 2.05) is 27.7 Å². The van der Waals surface area contributed by atoms with Crippen molar-refractivity contribution in [1.82, 2.24) is 0 Å². The first-order chi connectivity index (χ1) is 18.4. The van der Waals surface area contributed by atoms with Gasteiger partial charge in [0.2, 0.25) is 11.5 Å². The number of benzene rings is 2. The number of rotatable bonds is 16. The van der Waals surface area contributed by atoms with Crippen LogP contribution in [0.25, 0.3) is 0 Å². The minimum atomic E-state index is -0.608. The van der Waals surface area contributed by atoms with Gasteiger partial charge in [-0.3, -0.25) is 9.59 Å². The van der Waals surface area contributed by atoms with Crippen molar-refractivity contribution in [3.8, 4) is 34.5 Å². The van der Waals surface area contributed by atoms with Crippen LogP contribution in [0.4, 0.5) is 0 Å². The number of ketones is 2. The molecule has 8 nitrogen and oxygen atoms in total. The maximum absolute atomic E-state index is 13.7. The van der Waals surface area contributed by atoms with Crippen molar-refractivity contribution in [1.29, 1.82) is 0 Å². The minimum absolute atomic E-state index is 0.0427. The Morgan fingerprint density at radius 2 is 0.868 bits per heavy atom. The lowest BCUT2D eigenvalue weighted by Crippen LogP contribution is -2.23. The molecular formula is C30H40O8. The summed E-state index contributed by atoms with van der Waals surface area (Å²) in [4.78, 5) is 27.4. The molecule has 2 aromatic carbocycles. The number of carbonyl (C=O) groups is 2. The third kappa shape index (κ3) is 6.17. The first-order valence-corrected chi connectivity index (χ1v) is 13.8. The highest BCUT2D eigenvalue weighted by atomic mass is 16.5. The van der Waals surface area contributed by atoms with E-state index in [-0.39, 0.29) is 45.3 Å². The molecule has 0 aromatic heterocycles. The fourth-order valence-corrected chi connectivity index (χ4v) is 4.12. The molecule has 2 aromatic rings. The molecule has 0 unspecified atom stereocenters. The summed E-state index contributed by atoms with van der Waals surface area (Å²) in [5.41, 5.74) is -0.446. The Hall–Kier alpha value is -3.42. The number of ether oxygens (including phenoxy) is 4. The molecule has 2 N–H and O–H groups in total. The number of hydrogen-bond donors (Lipinski definition) is 2. The quantitative estimate of drug-likeness (QED) is 0.200. The summed E-state index contributed by atoms with van der Waals surface area (Å²) >= 11 is 0. The van der Waals surface area contributed by atoms with Crippen LogP contribution in [0.2, 0.25) is 0 Å². The summed E-state index contributed by atoms with van der Waals surface area (Å²) in [5.74, 6) is -1.63. The van der Waals surface area contributed by atoms with Gasteiger partial charge in [0.15, 0.2) is 34.6 Å². The van der Waals surface area contributed by atoms with Crippen molar-refractivity contribution in [2.45, 2.75) is 79.1 Å². The van der Waals surface area contributed by atoms with Crippen LogP contribution in [0, 0.1) is 0 Å². The Morgan fingerprint density at radius 1 is 0.553 bits per heavy atom. The predicted octanol–water partition coefficient (Wildman–Crippen LogP) is 6.59. The second kappa shape index (κ2) is 13.9. The lowest BCUT2D eigenvalue weighted by molar-refractivity contribution is 0.0971. The first kappa shape index (κ1) is 29.1. The maximum Gasteiger partial charge on any atom is 0.204 e. The largest absolute Gasteiger partial charge is 0.504 e. The molecule has 0 fully saturated rings. The van der Waals surface area contributed by atoms with E-state index in [2.05, 4.69) is 0 Å². The van der Waals surface area contributed by atoms with Crippen molar-refractivity contribution in [2.75, 3.05) is 26.4 Å². The zero-order chi connectivity index (χ0) is 27.7. The van der Waals surface area contributed by atoms with Crippen molar-refractivity contribution in [3.63, 3.8) is 0 Å². The number of aromatic hydroxyl groups is 2. The van der Waals surface area contributed by atoms with Gasteiger partial charge in [-0.05, 0) is 37.8 Å². The molecule has 0 amide bonds. The highest BCUT2D eigenvalue weighted by Crippen LogP contribution is 2.50. The molecule has 1 aliphatic carbocycles. The fraction of sp³-hybridized carbons (Fsp3) is 0.533. The monoisotopic (exact) mass is 528 g/mol. The molecule has 3 rings (SSSR count). The Labute approximate surface area is 224 Å². The average molecular weight is 529 g/mol. The third-order valence-corrected chi connectivity index (χ3v) is 6.38. The highest BCUT2D eigenvalue weighted by Gasteiger charge is 2.39. The topological polar surface area (TPSA) is 112 Å². The normalized spacial score (nSPS) is 12.2. The first-order valence-electron chi connectivity index (χ1n) is 13.8. The zero-order valence-electron chi connectivity index (χ0n) is 23.0. The molecule has 208 valence electrons. The molecule has 8 heteroatoms. The van der Waals surface area contributed by atoms with E-state index in [1.165, 1.54) is 12.1 Å². The van der Waals surface area contributed by atoms with Crippen molar-refractivity contribution in [3.05, 3.63) is 34.4 Å². The number of phenolic OH excluding ortho intramolecular Hbond substituents is 2. The molecule has 38 heavy (non-hydrogen) atoms. The van der Waals surface area contributed by atoms with Gasteiger partial charge in [-0.25, -0.2) is 0 Å². The van der Waals surface area contributed by atoms with Crippen molar-refractivity contribution >= 4 is 11.6 Å². The summed E-state index contributed by atoms with van der Waals surface area (Å²) in [5, 5.41) is 22.4. The van der Waals surface area contributed by atoms with Gasteiger partial charge in [0.25, 0.3) is 0 Å². The summed E-state index contributed by atoms with van der Waals surface area (Å²) in [6, 6.07) is 2.86. The summed E-state index contributed by atoms with van der Waals surface area (Å²) in [6.45, 7) is 9.43. The molecule has 0 saturated heterocycles. The number of unbranched alkanes of at least 4 members (excludes halogenated alkanes) is 4. The predicted molar refractivity (Wildman–Crippen MR) is 145 cm³/mol. The van der Waals surface area contributed by atoms with E-state index in [0.717, 1.165) is 51.4 Å². The standard InChI is InChI=1S/C30H40O8/c1-5-9-13-35-21-17-19-23(27(33)29(21)37-15-11-7-3)26(32)20-18-22(36-14-10-6-2)30(38-16-12-8-4)28(34)24(20)25(19)31/h17-18,33-34H,5-16H2,1-4H3. The minimum Gasteiger partial charge on any atom is -0.504 e. The Kier molecular flexibility index (Phi) is 10.7. The van der Waals surface area contributed by atoms with E-state index >= 15 is 0 Å². The molecule has 0 aliphatic heterocycles. The maximum atomic E-state index is 13.7. The van der Waals surface area contributed by atoms with Gasteiger partial charge in [0, 0.05) is 11.1 Å². The Morgan fingerprint density at radius 3 is 1.18 bits per heavy atom. The highest BCUT2D eigenvalue weighted by molar-refractivity contribution is 6.31. The van der Waals surface area contributed by atoms with Crippen LogP contribution in [0.15, 0.2) is 12.1 Å². The number of fused-ring (bicyclic) bond motifs is 2. The van der Waals surface area contributed by atoms with Crippen LogP contribution in [0.1, 0.15) is 111 Å². The van der Waals surface area contributed by atoms with E-state index in [1.54, 1.807) is 0 Å². The van der Waals surface area contributed by atoms with Crippen LogP contribution < -0.4 is 18.9 Å². The van der Waals surface area contributed by atoms with Gasteiger partial charge in [-0.2, -0.15) is 0 Å². The molecule has 0 spiro atoms. The smallest absolute Gasteiger partial charge is 0.204 e. The van der Waals surface area contributed by atoms with Gasteiger partial charge in [-0.1, -0.05) is 53.4 Å². The Balaban J connectivity index is 2.14. The molecule has 0 atom stereocenters. The van der Waals surface area contributed by atoms with Crippen LogP contribution in [0.5, 0.6) is 34.5 Å². The number of carbonyl (C=O) groups excluding carboxylic acids is 2. The SMILES string of the molecule is CCCCOc1cc2c(c(O)c1OCCCC)C(=O)c1cc(OCCCC)c(OCCCC)c(O)c1C2=O. The summed E-state index contributed by atoms with van der Waals surface area (Å²) in [7, 11) is 0.